The topological polar surface area (TPSA) is 124 Å². The van der Waals surface area contributed by atoms with Crippen molar-refractivity contribution in [1.29, 1.82) is 0 Å². The summed E-state index contributed by atoms with van der Waals surface area (Å²) >= 11 is 0. The Bertz CT molecular complexity index is 1340. The lowest BCUT2D eigenvalue weighted by atomic mass is 10.0. The molecule has 0 aromatic carbocycles. The first kappa shape index (κ1) is 28.0. The molecule has 3 heterocycles. The van der Waals surface area contributed by atoms with Crippen LogP contribution >= 0.6 is 0 Å². The Balaban J connectivity index is 1.24. The fourth-order valence-corrected chi connectivity index (χ4v) is 4.47. The lowest BCUT2D eigenvalue weighted by Crippen LogP contribution is -2.27. The van der Waals surface area contributed by atoms with Crippen LogP contribution in [0.2, 0.25) is 0 Å². The number of nitrogens with one attached hydrogen (secondary N) is 2. The number of anilines is 1. The molecule has 1 aliphatic carbocycles. The molecule has 39 heavy (non-hydrogen) atoms. The van der Waals surface area contributed by atoms with Crippen LogP contribution in [0.15, 0.2) is 41.6 Å². The Labute approximate surface area is 222 Å². The van der Waals surface area contributed by atoms with E-state index < -0.39 is 30.1 Å². The third-order valence-corrected chi connectivity index (χ3v) is 6.64. The van der Waals surface area contributed by atoms with E-state index in [1.807, 2.05) is 0 Å². The van der Waals surface area contributed by atoms with Crippen LogP contribution in [0.3, 0.4) is 0 Å². The summed E-state index contributed by atoms with van der Waals surface area (Å²) in [5.74, 6) is -1.65. The summed E-state index contributed by atoms with van der Waals surface area (Å²) in [5.41, 5.74) is -0.186. The number of alkyl halides is 2. The van der Waals surface area contributed by atoms with Crippen LogP contribution in [0.25, 0.3) is 0 Å². The van der Waals surface area contributed by atoms with E-state index in [-0.39, 0.29) is 49.3 Å². The molecule has 1 atom stereocenters. The van der Waals surface area contributed by atoms with Crippen molar-refractivity contribution in [2.45, 2.75) is 71.0 Å². The number of aryl methyl sites for hydroxylation is 1. The maximum atomic E-state index is 14.6. The van der Waals surface area contributed by atoms with Crippen LogP contribution in [0.1, 0.15) is 60.3 Å². The van der Waals surface area contributed by atoms with E-state index in [2.05, 4.69) is 25.9 Å². The van der Waals surface area contributed by atoms with E-state index in [0.29, 0.717) is 17.7 Å². The molecule has 0 saturated heterocycles. The van der Waals surface area contributed by atoms with Crippen LogP contribution in [-0.4, -0.2) is 42.5 Å². The van der Waals surface area contributed by atoms with E-state index in [1.54, 1.807) is 6.07 Å². The second-order valence-corrected chi connectivity index (χ2v) is 9.63. The summed E-state index contributed by atoms with van der Waals surface area (Å²) < 4.78 is 43.9. The van der Waals surface area contributed by atoms with Gasteiger partial charge in [-0.25, -0.2) is 13.5 Å². The largest absolute Gasteiger partial charge is 0.346 e. The molecular weight excluding hydrogens is 515 g/mol. The Morgan fingerprint density at radius 3 is 2.69 bits per heavy atom. The highest BCUT2D eigenvalue weighted by atomic mass is 19.1. The van der Waals surface area contributed by atoms with Crippen molar-refractivity contribution in [2.75, 3.05) is 5.32 Å². The first-order valence-electron chi connectivity index (χ1n) is 12.8. The minimum atomic E-state index is -1.46. The van der Waals surface area contributed by atoms with Gasteiger partial charge in [-0.05, 0) is 42.9 Å². The van der Waals surface area contributed by atoms with Crippen molar-refractivity contribution in [3.63, 3.8) is 0 Å². The minimum Gasteiger partial charge on any atom is -0.346 e. The number of aromatic nitrogens is 5. The summed E-state index contributed by atoms with van der Waals surface area (Å²) in [6, 6.07) is 4.46. The molecule has 0 aliphatic heterocycles. The molecule has 208 valence electrons. The summed E-state index contributed by atoms with van der Waals surface area (Å²) in [7, 11) is 0. The number of pyridine rings is 2. The summed E-state index contributed by atoms with van der Waals surface area (Å²) in [6.07, 6.45) is 6.92. The number of carbonyl (C=O) groups excluding carboxylic acids is 2. The fourth-order valence-electron chi connectivity index (χ4n) is 4.47. The SMILES string of the molecule is O=C(CC1CCCC1)Nc1ccn(CCC(F)Cn2cc(C(=O)NCc3ccc(CF)nc3)nn2)c(=O)c1F. The Hall–Kier alpha value is -4.03. The van der Waals surface area contributed by atoms with Gasteiger partial charge in [0.1, 0.15) is 12.8 Å². The molecule has 3 aromatic heterocycles. The molecule has 1 unspecified atom stereocenters. The van der Waals surface area contributed by atoms with E-state index >= 15 is 0 Å². The van der Waals surface area contributed by atoms with Gasteiger partial charge in [0.05, 0.1) is 24.1 Å². The van der Waals surface area contributed by atoms with Gasteiger partial charge in [0.25, 0.3) is 11.5 Å². The molecule has 13 heteroatoms. The predicted molar refractivity (Wildman–Crippen MR) is 136 cm³/mol. The van der Waals surface area contributed by atoms with Crippen LogP contribution in [0.4, 0.5) is 18.9 Å². The van der Waals surface area contributed by atoms with Gasteiger partial charge in [-0.1, -0.05) is 24.1 Å². The number of rotatable bonds is 12. The Morgan fingerprint density at radius 1 is 1.18 bits per heavy atom. The zero-order chi connectivity index (χ0) is 27.8. The number of amides is 2. The van der Waals surface area contributed by atoms with E-state index in [0.717, 1.165) is 30.3 Å². The number of nitrogens with zero attached hydrogens (tertiary/aromatic N) is 5. The lowest BCUT2D eigenvalue weighted by molar-refractivity contribution is -0.117. The van der Waals surface area contributed by atoms with Gasteiger partial charge in [0.15, 0.2) is 5.69 Å². The molecule has 1 saturated carbocycles. The monoisotopic (exact) mass is 545 g/mol. The summed E-state index contributed by atoms with van der Waals surface area (Å²) in [5, 5.41) is 12.6. The maximum Gasteiger partial charge on any atom is 0.288 e. The highest BCUT2D eigenvalue weighted by molar-refractivity contribution is 5.92. The van der Waals surface area contributed by atoms with Gasteiger partial charge < -0.3 is 15.2 Å². The molecule has 3 aromatic rings. The van der Waals surface area contributed by atoms with Gasteiger partial charge in [-0.15, -0.1) is 5.10 Å². The smallest absolute Gasteiger partial charge is 0.288 e. The van der Waals surface area contributed by atoms with Crippen molar-refractivity contribution >= 4 is 17.5 Å². The lowest BCUT2D eigenvalue weighted by Gasteiger charge is -2.13. The van der Waals surface area contributed by atoms with E-state index in [4.69, 9.17) is 0 Å². The Morgan fingerprint density at radius 2 is 1.97 bits per heavy atom. The standard InChI is InChI=1S/C26H30F3N7O3/c27-12-20-6-5-18(13-30-20)14-31-25(38)22-16-36(34-33-22)15-19(28)7-9-35-10-8-21(24(29)26(35)39)32-23(37)11-17-3-1-2-4-17/h5-6,8,10,13,16-17,19H,1-4,7,9,11-12,14-15H2,(H,31,38)(H,32,37). The second-order valence-electron chi connectivity index (χ2n) is 9.63. The van der Waals surface area contributed by atoms with Crippen LogP contribution in [0.5, 0.6) is 0 Å². The zero-order valence-electron chi connectivity index (χ0n) is 21.3. The van der Waals surface area contributed by atoms with Gasteiger partial charge >= 0.3 is 0 Å². The van der Waals surface area contributed by atoms with Crippen LogP contribution in [0, 0.1) is 11.7 Å². The third kappa shape index (κ3) is 7.74. The van der Waals surface area contributed by atoms with Crippen LogP contribution < -0.4 is 16.2 Å². The highest BCUT2D eigenvalue weighted by Gasteiger charge is 2.20. The highest BCUT2D eigenvalue weighted by Crippen LogP contribution is 2.27. The average Bonchev–Trinajstić information content (AvgIpc) is 3.62. The molecule has 0 spiro atoms. The molecule has 2 amide bonds. The van der Waals surface area contributed by atoms with Gasteiger partial charge in [0.2, 0.25) is 11.7 Å². The summed E-state index contributed by atoms with van der Waals surface area (Å²) in [6.45, 7) is -0.845. The first-order valence-corrected chi connectivity index (χ1v) is 12.8. The number of hydrogen-bond acceptors (Lipinski definition) is 6. The van der Waals surface area contributed by atoms with E-state index in [9.17, 15) is 27.6 Å². The normalized spacial score (nSPS) is 14.3. The second kappa shape index (κ2) is 13.2. The number of halogens is 3. The van der Waals surface area contributed by atoms with Crippen LogP contribution in [-0.2, 0) is 31.1 Å². The van der Waals surface area contributed by atoms with Crippen molar-refractivity contribution in [2.24, 2.45) is 5.92 Å². The first-order chi connectivity index (χ1) is 18.8. The summed E-state index contributed by atoms with van der Waals surface area (Å²) in [4.78, 5) is 40.8. The average molecular weight is 546 g/mol. The molecule has 10 nitrogen and oxygen atoms in total. The molecule has 1 aliphatic rings. The van der Waals surface area contributed by atoms with Crippen molar-refractivity contribution in [1.82, 2.24) is 29.9 Å². The van der Waals surface area contributed by atoms with Crippen molar-refractivity contribution < 1.29 is 22.8 Å². The van der Waals surface area contributed by atoms with Gasteiger partial charge in [0, 0.05) is 31.9 Å². The van der Waals surface area contributed by atoms with Crippen molar-refractivity contribution in [3.8, 4) is 0 Å². The number of hydrogen-bond donors (Lipinski definition) is 2. The van der Waals surface area contributed by atoms with E-state index in [1.165, 1.54) is 35.4 Å². The molecular formula is C26H30F3N7O3. The quantitative estimate of drug-likeness (QED) is 0.360. The Kier molecular flexibility index (Phi) is 9.45. The fraction of sp³-hybridized carbons (Fsp3) is 0.462. The molecule has 1 fully saturated rings. The zero-order valence-corrected chi connectivity index (χ0v) is 21.3. The number of carbonyl (C=O) groups is 2. The minimum absolute atomic E-state index is 0.0144. The van der Waals surface area contributed by atoms with Gasteiger partial charge in [-0.2, -0.15) is 4.39 Å². The molecule has 2 N–H and O–H groups in total. The van der Waals surface area contributed by atoms with Crippen molar-refractivity contribution in [3.05, 3.63) is 69.9 Å². The predicted octanol–water partition coefficient (Wildman–Crippen LogP) is 3.32. The van der Waals surface area contributed by atoms with Gasteiger partial charge in [-0.3, -0.25) is 19.4 Å². The molecule has 0 radical (unpaired) electrons. The third-order valence-electron chi connectivity index (χ3n) is 6.64. The maximum absolute atomic E-state index is 14.6. The molecule has 4 rings (SSSR count). The molecule has 0 bridgehead atoms.